The number of aromatic nitrogens is 2. The van der Waals surface area contributed by atoms with Crippen molar-refractivity contribution in [1.29, 1.82) is 0 Å². The van der Waals surface area contributed by atoms with Crippen molar-refractivity contribution < 1.29 is 32.3 Å². The lowest BCUT2D eigenvalue weighted by Gasteiger charge is -2.22. The fourth-order valence-electron chi connectivity index (χ4n) is 3.63. The summed E-state index contributed by atoms with van der Waals surface area (Å²) in [7, 11) is 3.44. The summed E-state index contributed by atoms with van der Waals surface area (Å²) in [4.78, 5) is 43.3. The third-order valence-corrected chi connectivity index (χ3v) is 6.23. The van der Waals surface area contributed by atoms with Gasteiger partial charge in [-0.25, -0.2) is 9.78 Å². The number of nitrogens with one attached hydrogen (secondary N) is 2. The van der Waals surface area contributed by atoms with Crippen molar-refractivity contribution in [3.8, 4) is 0 Å². The lowest BCUT2D eigenvalue weighted by atomic mass is 10.1. The van der Waals surface area contributed by atoms with Gasteiger partial charge in [0.2, 0.25) is 5.91 Å². The summed E-state index contributed by atoms with van der Waals surface area (Å²) < 4.78 is 43.9. The van der Waals surface area contributed by atoms with E-state index < -0.39 is 23.6 Å². The zero-order valence-electron chi connectivity index (χ0n) is 20.6. The minimum absolute atomic E-state index is 0.0215. The number of carbonyl (C=O) groups is 3. The first-order chi connectivity index (χ1) is 17.9. The first-order valence-electron chi connectivity index (χ1n) is 11.3. The summed E-state index contributed by atoms with van der Waals surface area (Å²) in [5.74, 6) is -0.739. The molecule has 0 aliphatic heterocycles. The molecule has 2 heterocycles. The number of nitrogens with zero attached hydrogens (tertiary/aromatic N) is 3. The summed E-state index contributed by atoms with van der Waals surface area (Å²) >= 11 is 5.77. The molecule has 1 aromatic carbocycles. The molecule has 204 valence electrons. The van der Waals surface area contributed by atoms with Crippen LogP contribution in [0.2, 0.25) is 5.02 Å². The first-order valence-corrected chi connectivity index (χ1v) is 12.5. The number of urea groups is 1. The highest BCUT2D eigenvalue weighted by molar-refractivity contribution is 8.00. The molecular weight excluding hydrogens is 547 g/mol. The van der Waals surface area contributed by atoms with Crippen LogP contribution in [0.4, 0.5) is 29.3 Å². The fourth-order valence-corrected chi connectivity index (χ4v) is 4.28. The normalized spacial score (nSPS) is 12.4. The average molecular weight is 572 g/mol. The van der Waals surface area contributed by atoms with Gasteiger partial charge in [-0.05, 0) is 57.8 Å². The molecule has 9 nitrogen and oxygen atoms in total. The highest BCUT2D eigenvalue weighted by Gasteiger charge is 2.30. The molecule has 0 saturated heterocycles. The van der Waals surface area contributed by atoms with E-state index in [4.69, 9.17) is 16.3 Å². The number of ether oxygens (including phenoxy) is 1. The molecule has 14 heteroatoms. The van der Waals surface area contributed by atoms with Crippen molar-refractivity contribution in [3.05, 3.63) is 47.7 Å². The standard InChI is InChI=1S/C24H25ClF3N5O4S/c1-4-37-22(35)19(32(2)3)8-10-21(34)33-13-17(16-11-14(25)5-7-18(16)33)31-23(36)30-15-6-9-20(29-12-15)38-24(26,27)28/h5-7,9,11-13,19H,4,8,10H2,1-3H3,(H2,30,31,36). The summed E-state index contributed by atoms with van der Waals surface area (Å²) in [6, 6.07) is 5.93. The maximum absolute atomic E-state index is 13.1. The Morgan fingerprint density at radius 2 is 1.92 bits per heavy atom. The molecule has 38 heavy (non-hydrogen) atoms. The number of fused-ring (bicyclic) bond motifs is 1. The molecule has 3 aromatic rings. The molecule has 0 aliphatic carbocycles. The third kappa shape index (κ3) is 7.85. The summed E-state index contributed by atoms with van der Waals surface area (Å²) in [6.07, 6.45) is 2.78. The van der Waals surface area contributed by atoms with E-state index in [0.29, 0.717) is 15.9 Å². The molecule has 3 rings (SSSR count). The lowest BCUT2D eigenvalue weighted by molar-refractivity contribution is -0.148. The van der Waals surface area contributed by atoms with Crippen LogP contribution < -0.4 is 10.6 Å². The summed E-state index contributed by atoms with van der Waals surface area (Å²) in [6.45, 7) is 1.93. The van der Waals surface area contributed by atoms with Crippen molar-refractivity contribution in [2.45, 2.75) is 36.3 Å². The molecule has 2 amide bonds. The zero-order valence-corrected chi connectivity index (χ0v) is 22.2. The zero-order chi connectivity index (χ0) is 28.0. The average Bonchev–Trinajstić information content (AvgIpc) is 3.16. The number of hydrogen-bond acceptors (Lipinski definition) is 7. The van der Waals surface area contributed by atoms with Gasteiger partial charge in [-0.15, -0.1) is 0 Å². The van der Waals surface area contributed by atoms with E-state index in [1.807, 2.05) is 0 Å². The Morgan fingerprint density at radius 3 is 2.53 bits per heavy atom. The molecule has 0 spiro atoms. The number of anilines is 2. The number of alkyl halides is 3. The van der Waals surface area contributed by atoms with Crippen LogP contribution in [0.3, 0.4) is 0 Å². The highest BCUT2D eigenvalue weighted by atomic mass is 35.5. The molecule has 2 N–H and O–H groups in total. The second-order valence-electron chi connectivity index (χ2n) is 8.25. The Labute approximate surface area is 225 Å². The molecule has 1 unspecified atom stereocenters. The summed E-state index contributed by atoms with van der Waals surface area (Å²) in [5.41, 5.74) is -3.54. The molecule has 0 fully saturated rings. The van der Waals surface area contributed by atoms with Crippen LogP contribution in [-0.2, 0) is 9.53 Å². The van der Waals surface area contributed by atoms with E-state index in [-0.39, 0.29) is 53.5 Å². The number of amides is 2. The van der Waals surface area contributed by atoms with Gasteiger partial charge in [-0.3, -0.25) is 19.1 Å². The lowest BCUT2D eigenvalue weighted by Crippen LogP contribution is -2.37. The Morgan fingerprint density at radius 1 is 1.18 bits per heavy atom. The van der Waals surface area contributed by atoms with Gasteiger partial charge in [0, 0.05) is 34.8 Å². The number of pyridine rings is 1. The SMILES string of the molecule is CCOC(=O)C(CCC(=O)n1cc(NC(=O)Nc2ccc(SC(F)(F)F)nc2)c2cc(Cl)ccc21)N(C)C. The van der Waals surface area contributed by atoms with Crippen molar-refractivity contribution in [2.24, 2.45) is 0 Å². The van der Waals surface area contributed by atoms with E-state index in [1.165, 1.54) is 16.8 Å². The molecule has 0 aliphatic rings. The molecule has 2 aromatic heterocycles. The topological polar surface area (TPSA) is 106 Å². The number of benzene rings is 1. The third-order valence-electron chi connectivity index (χ3n) is 5.31. The van der Waals surface area contributed by atoms with Gasteiger partial charge < -0.3 is 15.4 Å². The van der Waals surface area contributed by atoms with Gasteiger partial charge in [-0.1, -0.05) is 11.6 Å². The van der Waals surface area contributed by atoms with Crippen molar-refractivity contribution in [3.63, 3.8) is 0 Å². The van der Waals surface area contributed by atoms with Crippen molar-refractivity contribution in [2.75, 3.05) is 31.3 Å². The van der Waals surface area contributed by atoms with Gasteiger partial charge in [-0.2, -0.15) is 13.2 Å². The van der Waals surface area contributed by atoms with Gasteiger partial charge in [0.05, 0.1) is 29.7 Å². The van der Waals surface area contributed by atoms with Crippen LogP contribution in [-0.4, -0.2) is 64.6 Å². The van der Waals surface area contributed by atoms with Crippen LogP contribution in [0.1, 0.15) is 24.6 Å². The van der Waals surface area contributed by atoms with E-state index in [9.17, 15) is 27.6 Å². The Balaban J connectivity index is 1.76. The largest absolute Gasteiger partial charge is 0.465 e. The quantitative estimate of drug-likeness (QED) is 0.245. The Kier molecular flexibility index (Phi) is 9.63. The number of carbonyl (C=O) groups excluding carboxylic acids is 3. The Bertz CT molecular complexity index is 1310. The minimum atomic E-state index is -4.47. The Hall–Kier alpha value is -3.29. The van der Waals surface area contributed by atoms with Crippen LogP contribution in [0.15, 0.2) is 47.8 Å². The first kappa shape index (κ1) is 29.3. The molecule has 1 atom stereocenters. The van der Waals surface area contributed by atoms with Gasteiger partial charge in [0.1, 0.15) is 11.1 Å². The van der Waals surface area contributed by atoms with Gasteiger partial charge >= 0.3 is 17.5 Å². The number of thioether (sulfide) groups is 1. The number of rotatable bonds is 9. The summed E-state index contributed by atoms with van der Waals surface area (Å²) in [5, 5.41) is 5.72. The molecule has 0 radical (unpaired) electrons. The second-order valence-corrected chi connectivity index (χ2v) is 9.77. The number of likely N-dealkylation sites (N-methyl/N-ethyl adjacent to an activating group) is 1. The van der Waals surface area contributed by atoms with Crippen LogP contribution in [0.25, 0.3) is 10.9 Å². The molecule has 0 bridgehead atoms. The molecule has 0 saturated carbocycles. The number of hydrogen-bond donors (Lipinski definition) is 2. The smallest absolute Gasteiger partial charge is 0.447 e. The van der Waals surface area contributed by atoms with Gasteiger partial charge in [0.15, 0.2) is 0 Å². The number of esters is 1. The monoisotopic (exact) mass is 571 g/mol. The maximum atomic E-state index is 13.1. The van der Waals surface area contributed by atoms with Crippen LogP contribution >= 0.6 is 23.4 Å². The fraction of sp³-hybridized carbons (Fsp3) is 0.333. The van der Waals surface area contributed by atoms with E-state index in [0.717, 1.165) is 12.3 Å². The number of halogens is 4. The van der Waals surface area contributed by atoms with Crippen LogP contribution in [0.5, 0.6) is 0 Å². The predicted molar refractivity (Wildman–Crippen MR) is 140 cm³/mol. The molecular formula is C24H25ClF3N5O4S. The van der Waals surface area contributed by atoms with Crippen molar-refractivity contribution >= 4 is 63.5 Å². The second kappa shape index (κ2) is 12.5. The van der Waals surface area contributed by atoms with Crippen LogP contribution in [0, 0.1) is 0 Å². The minimum Gasteiger partial charge on any atom is -0.465 e. The predicted octanol–water partition coefficient (Wildman–Crippen LogP) is 5.86. The highest BCUT2D eigenvalue weighted by Crippen LogP contribution is 2.36. The van der Waals surface area contributed by atoms with E-state index in [2.05, 4.69) is 15.6 Å². The van der Waals surface area contributed by atoms with E-state index in [1.54, 1.807) is 44.1 Å². The maximum Gasteiger partial charge on any atom is 0.447 e. The van der Waals surface area contributed by atoms with E-state index >= 15 is 0 Å². The van der Waals surface area contributed by atoms with Crippen molar-refractivity contribution in [1.82, 2.24) is 14.5 Å². The van der Waals surface area contributed by atoms with Gasteiger partial charge in [0.25, 0.3) is 0 Å².